The zero-order valence-corrected chi connectivity index (χ0v) is 8.81. The predicted octanol–water partition coefficient (Wildman–Crippen LogP) is 2.48. The second-order valence-corrected chi connectivity index (χ2v) is 12.3. The summed E-state index contributed by atoms with van der Waals surface area (Å²) in [6, 6.07) is 0. The van der Waals surface area contributed by atoms with Crippen molar-refractivity contribution in [3.8, 4) is 0 Å². The van der Waals surface area contributed by atoms with Gasteiger partial charge < -0.3 is 0 Å². The molecule has 0 heterocycles. The maximum atomic E-state index is 11.5. The first-order valence-corrected chi connectivity index (χ1v) is 7.41. The van der Waals surface area contributed by atoms with E-state index in [9.17, 15) is 4.21 Å². The number of hydrogen-bond acceptors (Lipinski definition) is 1. The van der Waals surface area contributed by atoms with Gasteiger partial charge in [0.25, 0.3) is 0 Å². The SMILES string of the molecule is C/C(=C\Cl)S(C)(C)(=O)Br. The van der Waals surface area contributed by atoms with Crippen LogP contribution in [0.5, 0.6) is 0 Å². The van der Waals surface area contributed by atoms with Gasteiger partial charge in [-0.25, -0.2) is 0 Å². The fourth-order valence-corrected chi connectivity index (χ4v) is 1.75. The molecule has 0 saturated carbocycles. The topological polar surface area (TPSA) is 17.1 Å². The summed E-state index contributed by atoms with van der Waals surface area (Å²) in [5.41, 5.74) is 1.34. The lowest BCUT2D eigenvalue weighted by Crippen LogP contribution is -2.20. The van der Waals surface area contributed by atoms with E-state index >= 15 is 0 Å². The molecule has 0 aliphatic heterocycles. The first-order valence-electron chi connectivity index (χ1n) is 2.35. The normalized spacial score (nSPS) is 18.8. The standard InChI is InChI=1S/C5H10BrClOS/c1-5(4-7)9(2,3,6)8/h4H,1-3H3/b5-4+. The van der Waals surface area contributed by atoms with Crippen molar-refractivity contribution in [3.63, 3.8) is 0 Å². The summed E-state index contributed by atoms with van der Waals surface area (Å²) in [6.45, 7) is 1.73. The fraction of sp³-hybridized carbons (Fsp3) is 0.600. The van der Waals surface area contributed by atoms with Crippen LogP contribution in [0.3, 0.4) is 0 Å². The minimum absolute atomic E-state index is 0.675. The number of halogens is 2. The van der Waals surface area contributed by atoms with E-state index in [2.05, 4.69) is 14.8 Å². The van der Waals surface area contributed by atoms with Gasteiger partial charge in [-0.3, -0.25) is 4.21 Å². The first kappa shape index (κ1) is 9.66. The van der Waals surface area contributed by atoms with Gasteiger partial charge in [-0.2, -0.15) is 0 Å². The van der Waals surface area contributed by atoms with Crippen molar-refractivity contribution in [1.82, 2.24) is 0 Å². The van der Waals surface area contributed by atoms with Crippen molar-refractivity contribution in [2.24, 2.45) is 0 Å². The molecule has 0 unspecified atom stereocenters. The molecule has 0 bridgehead atoms. The van der Waals surface area contributed by atoms with Crippen LogP contribution in [0.1, 0.15) is 6.92 Å². The summed E-state index contributed by atoms with van der Waals surface area (Å²) >= 11 is 8.47. The summed E-state index contributed by atoms with van der Waals surface area (Å²) in [4.78, 5) is 0.675. The Hall–Kier alpha value is 0.660. The highest BCUT2D eigenvalue weighted by Crippen LogP contribution is 2.35. The maximum absolute atomic E-state index is 11.5. The van der Waals surface area contributed by atoms with Gasteiger partial charge in [0.05, 0.1) is 0 Å². The second kappa shape index (κ2) is 2.36. The van der Waals surface area contributed by atoms with Crippen molar-refractivity contribution >= 4 is 33.9 Å². The average molecular weight is 234 g/mol. The fourth-order valence-electron chi connectivity index (χ4n) is 0.124. The molecule has 0 spiro atoms. The van der Waals surface area contributed by atoms with E-state index in [1.807, 2.05) is 0 Å². The lowest BCUT2D eigenvalue weighted by atomic mass is 10.8. The Morgan fingerprint density at radius 2 is 2.00 bits per heavy atom. The van der Waals surface area contributed by atoms with Crippen LogP contribution in [0, 0.1) is 0 Å². The summed E-state index contributed by atoms with van der Waals surface area (Å²) in [5, 5.41) is 0. The van der Waals surface area contributed by atoms with Crippen LogP contribution in [0.15, 0.2) is 10.4 Å². The van der Waals surface area contributed by atoms with E-state index in [0.29, 0.717) is 4.91 Å². The van der Waals surface area contributed by atoms with Gasteiger partial charge in [-0.1, -0.05) is 11.6 Å². The van der Waals surface area contributed by atoms with Gasteiger partial charge in [-0.15, -0.1) is 0 Å². The van der Waals surface area contributed by atoms with Gasteiger partial charge in [-0.05, 0) is 14.4 Å². The van der Waals surface area contributed by atoms with Crippen LogP contribution in [-0.2, 0) is 7.50 Å². The Labute approximate surface area is 68.1 Å². The van der Waals surface area contributed by atoms with Gasteiger partial charge in [0, 0.05) is 37.8 Å². The van der Waals surface area contributed by atoms with Crippen LogP contribution < -0.4 is 0 Å². The van der Waals surface area contributed by atoms with E-state index in [1.165, 1.54) is 5.54 Å². The largest absolute Gasteiger partial charge is 0.268 e. The van der Waals surface area contributed by atoms with Crippen LogP contribution in [0.4, 0.5) is 0 Å². The molecule has 0 radical (unpaired) electrons. The third-order valence-corrected chi connectivity index (χ3v) is 4.95. The van der Waals surface area contributed by atoms with Crippen molar-refractivity contribution < 1.29 is 4.21 Å². The van der Waals surface area contributed by atoms with Gasteiger partial charge in [0.1, 0.15) is 0 Å². The van der Waals surface area contributed by atoms with E-state index < -0.39 is 7.50 Å². The zero-order valence-electron chi connectivity index (χ0n) is 5.65. The molecule has 0 aromatic heterocycles. The summed E-state index contributed by atoms with van der Waals surface area (Å²) < 4.78 is 11.5. The molecule has 9 heavy (non-hydrogen) atoms. The minimum atomic E-state index is -2.70. The molecule has 0 aromatic rings. The molecular formula is C5H10BrClOS. The molecule has 0 aliphatic carbocycles. The Balaban J connectivity index is 4.80. The van der Waals surface area contributed by atoms with Crippen molar-refractivity contribution in [2.45, 2.75) is 6.92 Å². The van der Waals surface area contributed by atoms with Crippen molar-refractivity contribution in [3.05, 3.63) is 10.4 Å². The highest BCUT2D eigenvalue weighted by Gasteiger charge is 2.22. The van der Waals surface area contributed by atoms with Crippen LogP contribution in [0.25, 0.3) is 0 Å². The molecule has 0 atom stereocenters. The molecule has 0 aromatic carbocycles. The molecule has 0 amide bonds. The monoisotopic (exact) mass is 232 g/mol. The number of allylic oxidation sites excluding steroid dienone is 1. The summed E-state index contributed by atoms with van der Waals surface area (Å²) in [7, 11) is -2.70. The summed E-state index contributed by atoms with van der Waals surface area (Å²) in [5.74, 6) is 0. The molecule has 0 fully saturated rings. The van der Waals surface area contributed by atoms with Crippen molar-refractivity contribution in [2.75, 3.05) is 12.5 Å². The number of hydrogen-bond donors (Lipinski definition) is 0. The highest BCUT2D eigenvalue weighted by atomic mass is 79.9. The summed E-state index contributed by atoms with van der Waals surface area (Å²) in [6.07, 6.45) is 3.26. The second-order valence-electron chi connectivity index (χ2n) is 2.40. The molecular weight excluding hydrogens is 223 g/mol. The smallest absolute Gasteiger partial charge is 0.0151 e. The predicted molar refractivity (Wildman–Crippen MR) is 48.5 cm³/mol. The Bertz CT molecular complexity index is 192. The maximum Gasteiger partial charge on any atom is 0.0151 e. The van der Waals surface area contributed by atoms with Crippen molar-refractivity contribution in [1.29, 1.82) is 0 Å². The molecule has 0 saturated heterocycles. The van der Waals surface area contributed by atoms with E-state index in [1.54, 1.807) is 19.4 Å². The number of rotatable bonds is 1. The third kappa shape index (κ3) is 3.38. The molecule has 0 aliphatic rings. The third-order valence-electron chi connectivity index (χ3n) is 1.05. The first-order chi connectivity index (χ1) is 3.74. The van der Waals surface area contributed by atoms with Gasteiger partial charge >= 0.3 is 0 Å². The van der Waals surface area contributed by atoms with E-state index in [4.69, 9.17) is 11.6 Å². The van der Waals surface area contributed by atoms with Crippen LogP contribution in [-0.4, -0.2) is 16.7 Å². The average Bonchev–Trinajstić information content (AvgIpc) is 1.60. The Morgan fingerprint density at radius 1 is 1.67 bits per heavy atom. The molecule has 0 N–H and O–H groups in total. The Kier molecular flexibility index (Phi) is 2.54. The van der Waals surface area contributed by atoms with Crippen LogP contribution in [0.2, 0.25) is 0 Å². The highest BCUT2D eigenvalue weighted by molar-refractivity contribution is 9.54. The van der Waals surface area contributed by atoms with Gasteiger partial charge in [0.2, 0.25) is 0 Å². The quantitative estimate of drug-likeness (QED) is 0.636. The minimum Gasteiger partial charge on any atom is -0.268 e. The van der Waals surface area contributed by atoms with Gasteiger partial charge in [0.15, 0.2) is 0 Å². The molecule has 1 nitrogen and oxygen atoms in total. The van der Waals surface area contributed by atoms with E-state index in [-0.39, 0.29) is 0 Å². The Morgan fingerprint density at radius 3 is 2.00 bits per heavy atom. The lowest BCUT2D eigenvalue weighted by molar-refractivity contribution is 0.680. The molecule has 4 heteroatoms. The van der Waals surface area contributed by atoms with Crippen LogP contribution >= 0.6 is 26.4 Å². The lowest BCUT2D eigenvalue weighted by Gasteiger charge is -2.25. The molecule has 0 rings (SSSR count). The van der Waals surface area contributed by atoms with E-state index in [0.717, 1.165) is 0 Å². The zero-order chi connectivity index (χ0) is 7.73. The molecule has 56 valence electrons.